The summed E-state index contributed by atoms with van der Waals surface area (Å²) < 4.78 is 11.1. The van der Waals surface area contributed by atoms with Gasteiger partial charge in [0.1, 0.15) is 24.4 Å². The van der Waals surface area contributed by atoms with Crippen molar-refractivity contribution >= 4 is 5.91 Å². The zero-order chi connectivity index (χ0) is 42.3. The van der Waals surface area contributed by atoms with Gasteiger partial charge in [-0.25, -0.2) is 0 Å². The molecule has 0 radical (unpaired) electrons. The molecule has 0 aromatic rings. The van der Waals surface area contributed by atoms with Crippen LogP contribution >= 0.6 is 0 Å². The first-order valence-corrected chi connectivity index (χ1v) is 22.1. The maximum absolute atomic E-state index is 12.9. The molecule has 9 heteroatoms. The van der Waals surface area contributed by atoms with E-state index in [0.717, 1.165) is 109 Å². The second-order valence-electron chi connectivity index (χ2n) is 14.7. The summed E-state index contributed by atoms with van der Waals surface area (Å²) in [7, 11) is 0. The van der Waals surface area contributed by atoms with Gasteiger partial charge in [-0.05, 0) is 89.9 Å². The molecule has 0 bridgehead atoms. The Morgan fingerprint density at radius 2 is 1.03 bits per heavy atom. The van der Waals surface area contributed by atoms with E-state index in [1.807, 2.05) is 6.08 Å². The van der Waals surface area contributed by atoms with Crippen LogP contribution in [0.1, 0.15) is 136 Å². The molecule has 9 nitrogen and oxygen atoms in total. The van der Waals surface area contributed by atoms with Gasteiger partial charge in [-0.2, -0.15) is 0 Å². The molecule has 0 aromatic carbocycles. The first kappa shape index (κ1) is 52.9. The minimum Gasteiger partial charge on any atom is -0.394 e. The lowest BCUT2D eigenvalue weighted by atomic mass is 9.99. The highest BCUT2D eigenvalue weighted by Crippen LogP contribution is 2.22. The van der Waals surface area contributed by atoms with E-state index in [4.69, 9.17) is 9.47 Å². The summed E-state index contributed by atoms with van der Waals surface area (Å²) in [6.45, 7) is 3.47. The summed E-state index contributed by atoms with van der Waals surface area (Å²) in [4.78, 5) is 12.9. The fourth-order valence-corrected chi connectivity index (χ4v) is 6.08. The zero-order valence-corrected chi connectivity index (χ0v) is 35.7. The smallest absolute Gasteiger partial charge is 0.220 e. The Morgan fingerprint density at radius 1 is 0.586 bits per heavy atom. The Balaban J connectivity index is 2.33. The highest BCUT2D eigenvalue weighted by atomic mass is 16.7. The first-order chi connectivity index (χ1) is 28.3. The van der Waals surface area contributed by atoms with Crippen LogP contribution in [0.5, 0.6) is 0 Å². The molecule has 0 saturated carbocycles. The topological polar surface area (TPSA) is 149 Å². The third-order valence-corrected chi connectivity index (χ3v) is 9.57. The van der Waals surface area contributed by atoms with Crippen LogP contribution in [-0.2, 0) is 14.3 Å². The highest BCUT2D eigenvalue weighted by Gasteiger charge is 2.44. The van der Waals surface area contributed by atoms with E-state index >= 15 is 0 Å². The number of ether oxygens (including phenoxy) is 2. The lowest BCUT2D eigenvalue weighted by Gasteiger charge is -2.40. The van der Waals surface area contributed by atoms with Crippen molar-refractivity contribution in [1.82, 2.24) is 5.32 Å². The maximum atomic E-state index is 12.9. The van der Waals surface area contributed by atoms with Crippen molar-refractivity contribution in [1.29, 1.82) is 0 Å². The van der Waals surface area contributed by atoms with Crippen LogP contribution in [0.25, 0.3) is 0 Å². The number of hydrogen-bond acceptors (Lipinski definition) is 8. The normalized spacial score (nSPS) is 21.9. The number of amides is 1. The molecular weight excluding hydrogens is 731 g/mol. The molecule has 0 spiro atoms. The van der Waals surface area contributed by atoms with Crippen molar-refractivity contribution in [3.8, 4) is 0 Å². The average molecular weight is 810 g/mol. The average Bonchev–Trinajstić information content (AvgIpc) is 3.22. The van der Waals surface area contributed by atoms with Gasteiger partial charge in [0.15, 0.2) is 6.29 Å². The molecule has 0 aliphatic carbocycles. The van der Waals surface area contributed by atoms with Crippen molar-refractivity contribution in [3.05, 3.63) is 109 Å². The van der Waals surface area contributed by atoms with Gasteiger partial charge < -0.3 is 40.3 Å². The zero-order valence-electron chi connectivity index (χ0n) is 35.7. The molecule has 1 heterocycles. The molecule has 1 aliphatic heterocycles. The number of allylic oxidation sites excluding steroid dienone is 17. The molecule has 328 valence electrons. The van der Waals surface area contributed by atoms with Gasteiger partial charge in [0.2, 0.25) is 5.91 Å². The minimum atomic E-state index is -1.58. The molecule has 1 fully saturated rings. The standard InChI is InChI=1S/C49H79NO8/c1-3-5-7-9-11-13-15-16-17-18-19-20-21-22-23-24-25-26-27-28-29-31-33-35-37-39-45(53)50-42(41-57-49-48(56)47(55)46(54)44(40-51)58-49)43(52)38-36-34-32-30-14-12-10-8-6-4-2/h5-8,11,13-14,16-17,19-20,22-23,25-26,30,36,38,42-44,46-49,51-52,54-56H,3-4,9-10,12,15,18,21,24,27-29,31-35,37,39-41H2,1-2H3,(H,50,53)/b7-5-,8-6+,13-11-,17-16-,20-19-,23-22-,26-25-,30-14+,38-36+. The van der Waals surface area contributed by atoms with E-state index in [1.54, 1.807) is 6.08 Å². The number of hydrogen-bond donors (Lipinski definition) is 6. The van der Waals surface area contributed by atoms with Crippen LogP contribution in [0.4, 0.5) is 0 Å². The Bertz CT molecular complexity index is 1260. The van der Waals surface area contributed by atoms with Crippen LogP contribution in [0.15, 0.2) is 109 Å². The minimum absolute atomic E-state index is 0.215. The van der Waals surface area contributed by atoms with Gasteiger partial charge in [-0.3, -0.25) is 4.79 Å². The van der Waals surface area contributed by atoms with Crippen LogP contribution < -0.4 is 5.32 Å². The Labute approximate surface area is 351 Å². The van der Waals surface area contributed by atoms with E-state index in [2.05, 4.69) is 116 Å². The van der Waals surface area contributed by atoms with Crippen LogP contribution in [0.2, 0.25) is 0 Å². The molecule has 1 aliphatic rings. The molecule has 1 rings (SSSR count). The predicted octanol–water partition coefficient (Wildman–Crippen LogP) is 9.11. The fourth-order valence-electron chi connectivity index (χ4n) is 6.08. The van der Waals surface area contributed by atoms with Gasteiger partial charge in [-0.15, -0.1) is 0 Å². The van der Waals surface area contributed by atoms with Crippen molar-refractivity contribution in [2.75, 3.05) is 13.2 Å². The summed E-state index contributed by atoms with van der Waals surface area (Å²) in [5.41, 5.74) is 0. The van der Waals surface area contributed by atoms with Crippen LogP contribution in [0, 0.1) is 0 Å². The maximum Gasteiger partial charge on any atom is 0.220 e. The van der Waals surface area contributed by atoms with Gasteiger partial charge in [0.05, 0.1) is 25.4 Å². The lowest BCUT2D eigenvalue weighted by molar-refractivity contribution is -0.302. The van der Waals surface area contributed by atoms with Gasteiger partial charge in [0, 0.05) is 6.42 Å². The Morgan fingerprint density at radius 3 is 1.59 bits per heavy atom. The van der Waals surface area contributed by atoms with E-state index in [0.29, 0.717) is 12.8 Å². The molecule has 58 heavy (non-hydrogen) atoms. The molecule has 7 unspecified atom stereocenters. The van der Waals surface area contributed by atoms with Crippen molar-refractivity contribution in [2.45, 2.75) is 179 Å². The van der Waals surface area contributed by atoms with E-state index in [-0.39, 0.29) is 12.5 Å². The SMILES string of the molecule is CC/C=C\C/C=C\C/C=C\C/C=C\C/C=C\C/C=C\CCCCCCCCC(=O)NC(COC1OC(CO)C(O)C(O)C1O)C(O)/C=C/CC/C=C/CC/C=C/CC. The molecule has 0 aromatic heterocycles. The lowest BCUT2D eigenvalue weighted by Crippen LogP contribution is -2.60. The van der Waals surface area contributed by atoms with Gasteiger partial charge >= 0.3 is 0 Å². The number of carbonyl (C=O) groups is 1. The van der Waals surface area contributed by atoms with Crippen molar-refractivity contribution in [2.24, 2.45) is 0 Å². The van der Waals surface area contributed by atoms with E-state index in [1.165, 1.54) is 0 Å². The summed E-state index contributed by atoms with van der Waals surface area (Å²) in [5.74, 6) is -0.215. The molecule has 1 amide bonds. The third kappa shape index (κ3) is 28.3. The Kier molecular flexibility index (Phi) is 34.7. The van der Waals surface area contributed by atoms with Crippen molar-refractivity contribution in [3.63, 3.8) is 0 Å². The fraction of sp³-hybridized carbons (Fsp3) is 0.612. The number of aliphatic hydroxyl groups excluding tert-OH is 5. The summed E-state index contributed by atoms with van der Waals surface area (Å²) in [6.07, 6.45) is 48.6. The summed E-state index contributed by atoms with van der Waals surface area (Å²) in [5, 5.41) is 54.0. The number of unbranched alkanes of at least 4 members (excludes halogenated alkanes) is 8. The molecular formula is C49H79NO8. The monoisotopic (exact) mass is 810 g/mol. The summed E-state index contributed by atoms with van der Waals surface area (Å²) in [6, 6.07) is -0.842. The van der Waals surface area contributed by atoms with Gasteiger partial charge in [0.25, 0.3) is 0 Å². The van der Waals surface area contributed by atoms with Crippen LogP contribution in [0.3, 0.4) is 0 Å². The van der Waals surface area contributed by atoms with E-state index in [9.17, 15) is 30.3 Å². The molecule has 7 atom stereocenters. The largest absolute Gasteiger partial charge is 0.394 e. The molecule has 6 N–H and O–H groups in total. The quantitative estimate of drug-likeness (QED) is 0.0279. The number of nitrogens with one attached hydrogen (secondary N) is 1. The second kappa shape index (κ2) is 38.1. The number of rotatable bonds is 34. The third-order valence-electron chi connectivity index (χ3n) is 9.57. The van der Waals surface area contributed by atoms with Crippen LogP contribution in [-0.4, -0.2) is 87.5 Å². The Hall–Kier alpha value is -3.15. The second-order valence-corrected chi connectivity index (χ2v) is 14.7. The van der Waals surface area contributed by atoms with E-state index < -0.39 is 49.5 Å². The van der Waals surface area contributed by atoms with Gasteiger partial charge in [-0.1, -0.05) is 149 Å². The summed E-state index contributed by atoms with van der Waals surface area (Å²) >= 11 is 0. The predicted molar refractivity (Wildman–Crippen MR) is 239 cm³/mol. The molecule has 1 saturated heterocycles. The first-order valence-electron chi connectivity index (χ1n) is 22.1. The number of carbonyl (C=O) groups excluding carboxylic acids is 1. The highest BCUT2D eigenvalue weighted by molar-refractivity contribution is 5.76. The van der Waals surface area contributed by atoms with Crippen molar-refractivity contribution < 1.29 is 39.8 Å². The number of aliphatic hydroxyl groups is 5.